The molecule has 1 aliphatic heterocycles. The molecule has 0 radical (unpaired) electrons. The number of carbonyl (C=O) groups is 2. The van der Waals surface area contributed by atoms with E-state index in [-0.39, 0.29) is 19.1 Å². The maximum Gasteiger partial charge on any atom is 0.334 e. The van der Waals surface area contributed by atoms with Crippen LogP contribution in [0.15, 0.2) is 28.7 Å². The molecule has 1 aromatic rings. The van der Waals surface area contributed by atoms with E-state index in [4.69, 9.17) is 9.84 Å². The number of carboxylic acids is 1. The largest absolute Gasteiger partial charge is 0.479 e. The maximum atomic E-state index is 12.8. The number of hydrogen-bond acceptors (Lipinski definition) is 3. The monoisotopic (exact) mass is 355 g/mol. The third kappa shape index (κ3) is 3.44. The highest BCUT2D eigenvalue weighted by atomic mass is 79.9. The third-order valence-corrected chi connectivity index (χ3v) is 4.20. The van der Waals surface area contributed by atoms with Crippen molar-refractivity contribution in [2.45, 2.75) is 25.4 Å². The lowest BCUT2D eigenvalue weighted by molar-refractivity contribution is -0.160. The number of halogens is 1. The van der Waals surface area contributed by atoms with Gasteiger partial charge in [-0.25, -0.2) is 4.79 Å². The summed E-state index contributed by atoms with van der Waals surface area (Å²) in [6.07, 6.45) is -0.944. The molecule has 1 aliphatic rings. The van der Waals surface area contributed by atoms with Gasteiger partial charge in [0.25, 0.3) is 0 Å². The minimum absolute atomic E-state index is 0.0878. The van der Waals surface area contributed by atoms with Crippen molar-refractivity contribution in [3.8, 4) is 0 Å². The summed E-state index contributed by atoms with van der Waals surface area (Å²) in [6, 6.07) is 7.60. The molecule has 0 bridgehead atoms. The van der Waals surface area contributed by atoms with Crippen LogP contribution in [0.4, 0.5) is 0 Å². The van der Waals surface area contributed by atoms with Gasteiger partial charge in [0.2, 0.25) is 5.91 Å². The molecule has 1 N–H and O–H groups in total. The van der Waals surface area contributed by atoms with Crippen LogP contribution in [0.1, 0.15) is 19.4 Å². The third-order valence-electron chi connectivity index (χ3n) is 3.71. The Balaban J connectivity index is 2.19. The first kappa shape index (κ1) is 16.0. The quantitative estimate of drug-likeness (QED) is 0.900. The highest BCUT2D eigenvalue weighted by Gasteiger charge is 2.37. The van der Waals surface area contributed by atoms with Crippen LogP contribution >= 0.6 is 15.9 Å². The van der Waals surface area contributed by atoms with Crippen LogP contribution < -0.4 is 0 Å². The Morgan fingerprint density at radius 1 is 1.43 bits per heavy atom. The van der Waals surface area contributed by atoms with Crippen molar-refractivity contribution in [2.24, 2.45) is 0 Å². The Morgan fingerprint density at radius 2 is 2.14 bits per heavy atom. The van der Waals surface area contributed by atoms with E-state index in [0.717, 1.165) is 10.0 Å². The highest BCUT2D eigenvalue weighted by molar-refractivity contribution is 9.10. The fraction of sp³-hybridized carbons (Fsp3) is 0.467. The number of nitrogens with zero attached hydrogens (tertiary/aromatic N) is 1. The molecular formula is C15H18BrNO4. The zero-order valence-electron chi connectivity index (χ0n) is 12.0. The lowest BCUT2D eigenvalue weighted by Gasteiger charge is -2.36. The summed E-state index contributed by atoms with van der Waals surface area (Å²) in [4.78, 5) is 25.4. The summed E-state index contributed by atoms with van der Waals surface area (Å²) < 4.78 is 6.06. The first-order valence-electron chi connectivity index (χ1n) is 6.72. The highest BCUT2D eigenvalue weighted by Crippen LogP contribution is 2.28. The van der Waals surface area contributed by atoms with Gasteiger partial charge in [0.05, 0.1) is 18.6 Å². The molecule has 0 aromatic heterocycles. The molecule has 114 valence electrons. The maximum absolute atomic E-state index is 12.8. The Hall–Kier alpha value is -1.40. The number of aliphatic carboxylic acids is 1. The second kappa shape index (κ2) is 6.15. The molecule has 1 saturated heterocycles. The Morgan fingerprint density at radius 3 is 2.76 bits per heavy atom. The number of amides is 1. The second-order valence-electron chi connectivity index (χ2n) is 5.58. The molecular weight excluding hydrogens is 338 g/mol. The lowest BCUT2D eigenvalue weighted by Crippen LogP contribution is -2.53. The van der Waals surface area contributed by atoms with Crippen LogP contribution in [0.5, 0.6) is 0 Å². The first-order valence-corrected chi connectivity index (χ1v) is 7.51. The van der Waals surface area contributed by atoms with Crippen LogP contribution in [0.25, 0.3) is 0 Å². The molecule has 1 fully saturated rings. The van der Waals surface area contributed by atoms with E-state index in [9.17, 15) is 9.59 Å². The fourth-order valence-electron chi connectivity index (χ4n) is 2.38. The van der Waals surface area contributed by atoms with Crippen molar-refractivity contribution in [3.05, 3.63) is 34.3 Å². The summed E-state index contributed by atoms with van der Waals surface area (Å²) in [7, 11) is 0. The number of ether oxygens (including phenoxy) is 1. The fourth-order valence-corrected chi connectivity index (χ4v) is 2.78. The van der Waals surface area contributed by atoms with Crippen LogP contribution in [0.3, 0.4) is 0 Å². The number of carboxylic acid groups (broad SMARTS) is 1. The van der Waals surface area contributed by atoms with Gasteiger partial charge in [-0.05, 0) is 31.5 Å². The number of hydrogen-bond donors (Lipinski definition) is 1. The topological polar surface area (TPSA) is 66.8 Å². The van der Waals surface area contributed by atoms with Crippen LogP contribution in [0.2, 0.25) is 0 Å². The summed E-state index contributed by atoms with van der Waals surface area (Å²) in [6.45, 7) is 4.45. The van der Waals surface area contributed by atoms with Crippen LogP contribution in [-0.4, -0.2) is 47.7 Å². The Kier molecular flexibility index (Phi) is 4.68. The zero-order valence-corrected chi connectivity index (χ0v) is 13.6. The van der Waals surface area contributed by atoms with E-state index in [1.165, 1.54) is 0 Å². The minimum atomic E-state index is -1.03. The van der Waals surface area contributed by atoms with Gasteiger partial charge >= 0.3 is 5.97 Å². The SMILES string of the molecule is CC(C)(C(=O)N1CCOC(C(=O)O)C1)c1cccc(Br)c1. The Bertz CT molecular complexity index is 558. The van der Waals surface area contributed by atoms with Gasteiger partial charge in [0, 0.05) is 11.0 Å². The molecule has 21 heavy (non-hydrogen) atoms. The van der Waals surface area contributed by atoms with Crippen molar-refractivity contribution < 1.29 is 19.4 Å². The van der Waals surface area contributed by atoms with Gasteiger partial charge < -0.3 is 14.7 Å². The number of rotatable bonds is 3. The molecule has 5 nitrogen and oxygen atoms in total. The van der Waals surface area contributed by atoms with Crippen molar-refractivity contribution in [1.29, 1.82) is 0 Å². The average molecular weight is 356 g/mol. The van der Waals surface area contributed by atoms with Crippen molar-refractivity contribution >= 4 is 27.8 Å². The molecule has 1 atom stereocenters. The molecule has 1 aromatic carbocycles. The Labute approximate surface area is 132 Å². The van der Waals surface area contributed by atoms with Gasteiger partial charge in [-0.1, -0.05) is 28.1 Å². The van der Waals surface area contributed by atoms with Crippen LogP contribution in [-0.2, 0) is 19.7 Å². The predicted molar refractivity (Wildman–Crippen MR) is 81.1 cm³/mol. The lowest BCUT2D eigenvalue weighted by atomic mass is 9.83. The van der Waals surface area contributed by atoms with Crippen LogP contribution in [0, 0.1) is 0 Å². The van der Waals surface area contributed by atoms with E-state index in [2.05, 4.69) is 15.9 Å². The minimum Gasteiger partial charge on any atom is -0.479 e. The van der Waals surface area contributed by atoms with Crippen molar-refractivity contribution in [1.82, 2.24) is 4.90 Å². The van der Waals surface area contributed by atoms with Gasteiger partial charge in [-0.15, -0.1) is 0 Å². The molecule has 0 aliphatic carbocycles. The van der Waals surface area contributed by atoms with Crippen molar-refractivity contribution in [3.63, 3.8) is 0 Å². The molecule has 1 heterocycles. The molecule has 0 saturated carbocycles. The zero-order chi connectivity index (χ0) is 15.6. The van der Waals surface area contributed by atoms with E-state index < -0.39 is 17.5 Å². The molecule has 1 unspecified atom stereocenters. The van der Waals surface area contributed by atoms with Gasteiger partial charge in [0.1, 0.15) is 0 Å². The second-order valence-corrected chi connectivity index (χ2v) is 6.50. The van der Waals surface area contributed by atoms with Gasteiger partial charge in [0.15, 0.2) is 6.10 Å². The van der Waals surface area contributed by atoms with Gasteiger partial charge in [-0.3, -0.25) is 4.79 Å². The smallest absolute Gasteiger partial charge is 0.334 e. The number of morpholine rings is 1. The predicted octanol–water partition coefficient (Wildman–Crippen LogP) is 2.04. The summed E-state index contributed by atoms with van der Waals surface area (Å²) >= 11 is 3.41. The molecule has 0 spiro atoms. The van der Waals surface area contributed by atoms with E-state index in [0.29, 0.717) is 6.54 Å². The molecule has 1 amide bonds. The summed E-state index contributed by atoms with van der Waals surface area (Å²) in [5.41, 5.74) is 0.171. The summed E-state index contributed by atoms with van der Waals surface area (Å²) in [5, 5.41) is 9.02. The average Bonchev–Trinajstić information content (AvgIpc) is 2.46. The number of benzene rings is 1. The van der Waals surface area contributed by atoms with Gasteiger partial charge in [-0.2, -0.15) is 0 Å². The molecule has 6 heteroatoms. The summed E-state index contributed by atoms with van der Waals surface area (Å²) in [5.74, 6) is -1.12. The van der Waals surface area contributed by atoms with E-state index in [1.54, 1.807) is 4.90 Å². The van der Waals surface area contributed by atoms with Crippen molar-refractivity contribution in [2.75, 3.05) is 19.7 Å². The number of carbonyl (C=O) groups excluding carboxylic acids is 1. The molecule has 2 rings (SSSR count). The van der Waals surface area contributed by atoms with E-state index in [1.807, 2.05) is 38.1 Å². The normalized spacial score (nSPS) is 19.4. The van der Waals surface area contributed by atoms with E-state index >= 15 is 0 Å². The first-order chi connectivity index (χ1) is 9.82. The standard InChI is InChI=1S/C15H18BrNO4/c1-15(2,10-4-3-5-11(16)8-10)14(20)17-6-7-21-12(9-17)13(18)19/h3-5,8,12H,6-7,9H2,1-2H3,(H,18,19).